The second-order valence-corrected chi connectivity index (χ2v) is 7.07. The first-order valence-corrected chi connectivity index (χ1v) is 9.14. The largest absolute Gasteiger partial charge is 0.374 e. The van der Waals surface area contributed by atoms with Crippen LogP contribution in [0.5, 0.6) is 0 Å². The Bertz CT molecular complexity index is 993. The molecule has 0 spiro atoms. The van der Waals surface area contributed by atoms with E-state index in [0.717, 1.165) is 35.2 Å². The lowest BCUT2D eigenvalue weighted by molar-refractivity contribution is 0.628. The monoisotopic (exact) mass is 363 g/mol. The Morgan fingerprint density at radius 1 is 1.08 bits per heavy atom. The average Bonchev–Trinajstić information content (AvgIpc) is 2.90. The predicted octanol–water partition coefficient (Wildman–Crippen LogP) is 6.05. The van der Waals surface area contributed by atoms with E-state index in [9.17, 15) is 4.39 Å². The maximum Gasteiger partial charge on any atom is 0.141 e. The van der Waals surface area contributed by atoms with Gasteiger partial charge in [-0.25, -0.2) is 4.39 Å². The molecule has 0 unspecified atom stereocenters. The Balaban J connectivity index is 1.89. The molecule has 4 rings (SSSR count). The summed E-state index contributed by atoms with van der Waals surface area (Å²) in [6.07, 6.45) is 10.2. The molecule has 0 N–H and O–H groups in total. The van der Waals surface area contributed by atoms with E-state index in [2.05, 4.69) is 42.0 Å². The first-order valence-electron chi connectivity index (χ1n) is 8.77. The molecule has 0 saturated heterocycles. The summed E-state index contributed by atoms with van der Waals surface area (Å²) in [5.41, 5.74) is 9.91. The summed E-state index contributed by atoms with van der Waals surface area (Å²) < 4.78 is 13.6. The van der Waals surface area contributed by atoms with E-state index >= 15 is 0 Å². The van der Waals surface area contributed by atoms with E-state index in [1.807, 2.05) is 18.2 Å². The highest BCUT2D eigenvalue weighted by molar-refractivity contribution is 6.31. The molecule has 0 atom stereocenters. The lowest BCUT2D eigenvalue weighted by atomic mass is 9.92. The van der Waals surface area contributed by atoms with Crippen LogP contribution in [0.15, 0.2) is 66.4 Å². The fourth-order valence-corrected chi connectivity index (χ4v) is 3.76. The van der Waals surface area contributed by atoms with Gasteiger partial charge < -0.3 is 4.90 Å². The summed E-state index contributed by atoms with van der Waals surface area (Å²) in [6.45, 7) is 1.08. The topological polar surface area (TPSA) is 3.24 Å². The van der Waals surface area contributed by atoms with Crippen LogP contribution >= 0.6 is 11.6 Å². The molecule has 130 valence electrons. The third-order valence-corrected chi connectivity index (χ3v) is 5.24. The SMILES string of the molecule is CN1CCCc2ccc(C3=C(c4ccc(F)c(Cl)c4)C=C=CC=C3)cc21. The van der Waals surface area contributed by atoms with Crippen molar-refractivity contribution < 1.29 is 4.39 Å². The van der Waals surface area contributed by atoms with Crippen molar-refractivity contribution in [2.45, 2.75) is 12.8 Å². The fourth-order valence-electron chi connectivity index (χ4n) is 3.58. The molecule has 1 nitrogen and oxygen atoms in total. The zero-order valence-corrected chi connectivity index (χ0v) is 15.4. The van der Waals surface area contributed by atoms with Crippen LogP contribution in [0, 0.1) is 5.82 Å². The van der Waals surface area contributed by atoms with E-state index < -0.39 is 5.82 Å². The van der Waals surface area contributed by atoms with Crippen molar-refractivity contribution in [3.8, 4) is 0 Å². The first-order chi connectivity index (χ1) is 12.6. The maximum absolute atomic E-state index is 13.6. The van der Waals surface area contributed by atoms with E-state index in [-0.39, 0.29) is 5.02 Å². The normalized spacial score (nSPS) is 16.0. The van der Waals surface area contributed by atoms with E-state index in [1.165, 1.54) is 23.7 Å². The Labute approximate surface area is 158 Å². The van der Waals surface area contributed by atoms with Crippen LogP contribution in [0.25, 0.3) is 11.1 Å². The second kappa shape index (κ2) is 6.99. The van der Waals surface area contributed by atoms with Crippen LogP contribution in [0.3, 0.4) is 0 Å². The number of halogens is 2. The number of hydrogen-bond acceptors (Lipinski definition) is 1. The zero-order valence-electron chi connectivity index (χ0n) is 14.6. The fraction of sp³-hybridized carbons (Fsp3) is 0.174. The van der Waals surface area contributed by atoms with Crippen molar-refractivity contribution >= 4 is 28.4 Å². The van der Waals surface area contributed by atoms with Crippen molar-refractivity contribution in [1.29, 1.82) is 0 Å². The minimum absolute atomic E-state index is 0.130. The molecule has 0 fully saturated rings. The number of aryl methyl sites for hydroxylation is 1. The Hall–Kier alpha value is -2.54. The molecule has 3 heteroatoms. The number of allylic oxidation sites excluding steroid dienone is 5. The molecule has 0 bridgehead atoms. The van der Waals surface area contributed by atoms with Crippen LogP contribution < -0.4 is 4.90 Å². The van der Waals surface area contributed by atoms with Crippen LogP contribution in [-0.4, -0.2) is 13.6 Å². The van der Waals surface area contributed by atoms with Gasteiger partial charge in [-0.05, 0) is 71.0 Å². The number of anilines is 1. The minimum Gasteiger partial charge on any atom is -0.374 e. The van der Waals surface area contributed by atoms with Crippen molar-refractivity contribution in [3.05, 3.63) is 94.0 Å². The molecular weight excluding hydrogens is 345 g/mol. The standard InChI is InChI=1S/C23H19ClFN/c1-26-13-5-6-16-9-10-18(15-23(16)26)20-8-4-2-3-7-19(20)17-11-12-22(25)21(24)14-17/h2,4,7-12,14-15H,5-6,13H2,1H3. The van der Waals surface area contributed by atoms with Gasteiger partial charge in [0.15, 0.2) is 0 Å². The van der Waals surface area contributed by atoms with Crippen LogP contribution in [0.4, 0.5) is 10.1 Å². The van der Waals surface area contributed by atoms with Gasteiger partial charge in [0.05, 0.1) is 5.02 Å². The maximum atomic E-state index is 13.6. The highest BCUT2D eigenvalue weighted by atomic mass is 35.5. The lowest BCUT2D eigenvalue weighted by Crippen LogP contribution is -2.24. The van der Waals surface area contributed by atoms with Crippen molar-refractivity contribution in [2.75, 3.05) is 18.5 Å². The highest BCUT2D eigenvalue weighted by Gasteiger charge is 2.16. The molecule has 1 heterocycles. The van der Waals surface area contributed by atoms with Gasteiger partial charge in [-0.2, -0.15) is 0 Å². The van der Waals surface area contributed by atoms with Gasteiger partial charge in [0.2, 0.25) is 0 Å². The van der Waals surface area contributed by atoms with Gasteiger partial charge in [-0.3, -0.25) is 0 Å². The van der Waals surface area contributed by atoms with E-state index in [0.29, 0.717) is 0 Å². The third kappa shape index (κ3) is 3.14. The Morgan fingerprint density at radius 3 is 2.73 bits per heavy atom. The average molecular weight is 364 g/mol. The molecule has 0 radical (unpaired) electrons. The number of benzene rings is 2. The summed E-state index contributed by atoms with van der Waals surface area (Å²) in [6, 6.07) is 11.5. The summed E-state index contributed by atoms with van der Waals surface area (Å²) in [5, 5.41) is 0.130. The smallest absolute Gasteiger partial charge is 0.141 e. The summed E-state index contributed by atoms with van der Waals surface area (Å²) in [4.78, 5) is 2.31. The highest BCUT2D eigenvalue weighted by Crippen LogP contribution is 2.35. The molecular formula is C23H19ClFN. The molecule has 1 aliphatic heterocycles. The van der Waals surface area contributed by atoms with Crippen LogP contribution in [-0.2, 0) is 6.42 Å². The third-order valence-electron chi connectivity index (χ3n) is 4.95. The second-order valence-electron chi connectivity index (χ2n) is 6.66. The van der Waals surface area contributed by atoms with Gasteiger partial charge >= 0.3 is 0 Å². The Morgan fingerprint density at radius 2 is 1.88 bits per heavy atom. The summed E-state index contributed by atoms with van der Waals surface area (Å²) in [7, 11) is 2.14. The molecule has 2 aromatic carbocycles. The minimum atomic E-state index is -0.406. The van der Waals surface area contributed by atoms with Crippen molar-refractivity contribution in [2.24, 2.45) is 0 Å². The molecule has 2 aromatic rings. The molecule has 0 amide bonds. The van der Waals surface area contributed by atoms with Crippen molar-refractivity contribution in [1.82, 2.24) is 0 Å². The molecule has 1 aliphatic carbocycles. The van der Waals surface area contributed by atoms with Gasteiger partial charge in [-0.1, -0.05) is 42.0 Å². The number of hydrogen-bond donors (Lipinski definition) is 0. The van der Waals surface area contributed by atoms with E-state index in [4.69, 9.17) is 11.6 Å². The van der Waals surface area contributed by atoms with Gasteiger partial charge in [-0.15, -0.1) is 5.73 Å². The first kappa shape index (κ1) is 16.9. The van der Waals surface area contributed by atoms with E-state index in [1.54, 1.807) is 12.1 Å². The predicted molar refractivity (Wildman–Crippen MR) is 108 cm³/mol. The molecule has 26 heavy (non-hydrogen) atoms. The number of nitrogens with zero attached hydrogens (tertiary/aromatic N) is 1. The van der Waals surface area contributed by atoms with Crippen LogP contribution in [0.1, 0.15) is 23.1 Å². The number of fused-ring (bicyclic) bond motifs is 1. The van der Waals surface area contributed by atoms with Gasteiger partial charge in [0.25, 0.3) is 0 Å². The van der Waals surface area contributed by atoms with Gasteiger partial charge in [0, 0.05) is 19.3 Å². The van der Waals surface area contributed by atoms with Crippen LogP contribution in [0.2, 0.25) is 5.02 Å². The molecule has 0 aromatic heterocycles. The molecule has 2 aliphatic rings. The van der Waals surface area contributed by atoms with Gasteiger partial charge in [0.1, 0.15) is 5.82 Å². The quantitative estimate of drug-likeness (QED) is 0.587. The summed E-state index contributed by atoms with van der Waals surface area (Å²) >= 11 is 6.02. The summed E-state index contributed by atoms with van der Waals surface area (Å²) in [5.74, 6) is -0.406. The zero-order chi connectivity index (χ0) is 18.1. The van der Waals surface area contributed by atoms with Crippen molar-refractivity contribution in [3.63, 3.8) is 0 Å². The Kier molecular flexibility index (Phi) is 4.55. The lowest BCUT2D eigenvalue weighted by Gasteiger charge is -2.28. The number of rotatable bonds is 2. The molecule has 0 saturated carbocycles.